The smallest absolute Gasteiger partial charge is 0.225 e. The van der Waals surface area contributed by atoms with E-state index in [4.69, 9.17) is 0 Å². The fourth-order valence-electron chi connectivity index (χ4n) is 2.85. The summed E-state index contributed by atoms with van der Waals surface area (Å²) in [7, 11) is 1.73. The molecule has 2 rings (SSSR count). The topological polar surface area (TPSA) is 56.7 Å². The molecule has 1 aliphatic rings. The minimum Gasteiger partial charge on any atom is -0.356 e. The summed E-state index contributed by atoms with van der Waals surface area (Å²) in [6.45, 7) is 6.05. The highest BCUT2D eigenvalue weighted by Crippen LogP contribution is 2.17. The third-order valence-electron chi connectivity index (χ3n) is 4.25. The van der Waals surface area contributed by atoms with Gasteiger partial charge in [-0.3, -0.25) is 9.79 Å². The molecule has 1 amide bonds. The van der Waals surface area contributed by atoms with Crippen LogP contribution >= 0.6 is 39.9 Å². The number of benzene rings is 1. The normalized spacial score (nSPS) is 17.2. The number of rotatable bonds is 5. The van der Waals surface area contributed by atoms with Crippen LogP contribution in [-0.4, -0.2) is 49.5 Å². The molecule has 2 N–H and O–H groups in total. The van der Waals surface area contributed by atoms with Gasteiger partial charge in [0.15, 0.2) is 5.96 Å². The molecule has 0 aromatic heterocycles. The van der Waals surface area contributed by atoms with E-state index in [9.17, 15) is 9.18 Å². The van der Waals surface area contributed by atoms with Gasteiger partial charge in [-0.15, -0.1) is 24.0 Å². The van der Waals surface area contributed by atoms with Crippen LogP contribution in [0.1, 0.15) is 25.8 Å². The number of nitrogens with one attached hydrogen (secondary N) is 2. The first-order valence-electron chi connectivity index (χ1n) is 8.60. The molecule has 0 radical (unpaired) electrons. The van der Waals surface area contributed by atoms with Crippen LogP contribution in [0.5, 0.6) is 0 Å². The predicted molar refractivity (Wildman–Crippen MR) is 118 cm³/mol. The molecule has 5 nitrogen and oxygen atoms in total. The molecule has 1 atom stereocenters. The second kappa shape index (κ2) is 11.1. The molecule has 0 bridgehead atoms. The molecule has 8 heteroatoms. The SMILES string of the molecule is CN=C(NCCc1ccc(F)c(Br)c1)NC1CCN(C(=O)C(C)C)C1.I. The Bertz CT molecular complexity index is 642. The van der Waals surface area contributed by atoms with Gasteiger partial charge in [0.2, 0.25) is 5.91 Å². The largest absolute Gasteiger partial charge is 0.356 e. The highest BCUT2D eigenvalue weighted by molar-refractivity contribution is 14.0. The molecule has 1 fully saturated rings. The summed E-state index contributed by atoms with van der Waals surface area (Å²) in [6.07, 6.45) is 1.69. The number of carbonyl (C=O) groups is 1. The van der Waals surface area contributed by atoms with Crippen LogP contribution in [0.4, 0.5) is 4.39 Å². The van der Waals surface area contributed by atoms with Gasteiger partial charge in [-0.25, -0.2) is 4.39 Å². The highest BCUT2D eigenvalue weighted by Gasteiger charge is 2.27. The Hall–Kier alpha value is -0.900. The van der Waals surface area contributed by atoms with Gasteiger partial charge in [0.1, 0.15) is 5.82 Å². The van der Waals surface area contributed by atoms with E-state index in [-0.39, 0.29) is 47.7 Å². The van der Waals surface area contributed by atoms with Gasteiger partial charge in [-0.1, -0.05) is 19.9 Å². The number of carbonyl (C=O) groups excluding carboxylic acids is 1. The quantitative estimate of drug-likeness (QED) is 0.343. The summed E-state index contributed by atoms with van der Waals surface area (Å²) in [6, 6.07) is 5.25. The fourth-order valence-corrected chi connectivity index (χ4v) is 3.28. The van der Waals surface area contributed by atoms with E-state index < -0.39 is 0 Å². The van der Waals surface area contributed by atoms with Gasteiger partial charge < -0.3 is 15.5 Å². The lowest BCUT2D eigenvalue weighted by molar-refractivity contribution is -0.133. The molecule has 1 aromatic rings. The average molecular weight is 541 g/mol. The minimum atomic E-state index is -0.254. The second-order valence-corrected chi connectivity index (χ2v) is 7.42. The summed E-state index contributed by atoms with van der Waals surface area (Å²) in [4.78, 5) is 18.2. The third-order valence-corrected chi connectivity index (χ3v) is 4.86. The lowest BCUT2D eigenvalue weighted by Crippen LogP contribution is -2.45. The van der Waals surface area contributed by atoms with Gasteiger partial charge in [-0.2, -0.15) is 0 Å². The summed E-state index contributed by atoms with van der Waals surface area (Å²) >= 11 is 3.20. The number of amides is 1. The number of likely N-dealkylation sites (tertiary alicyclic amines) is 1. The Labute approximate surface area is 180 Å². The molecule has 1 heterocycles. The minimum absolute atomic E-state index is 0. The maximum absolute atomic E-state index is 13.2. The molecule has 1 aliphatic heterocycles. The van der Waals surface area contributed by atoms with Crippen molar-refractivity contribution in [2.45, 2.75) is 32.7 Å². The zero-order valence-electron chi connectivity index (χ0n) is 15.4. The standard InChI is InChI=1S/C18H26BrFN4O.HI/c1-12(2)17(25)24-9-7-14(11-24)23-18(21-3)22-8-6-13-4-5-16(20)15(19)10-13;/h4-5,10,12,14H,6-9,11H2,1-3H3,(H2,21,22,23);1H. The van der Waals surface area contributed by atoms with Gasteiger partial charge in [0.25, 0.3) is 0 Å². The Kier molecular flexibility index (Phi) is 9.84. The van der Waals surface area contributed by atoms with E-state index >= 15 is 0 Å². The van der Waals surface area contributed by atoms with E-state index in [1.807, 2.05) is 18.7 Å². The van der Waals surface area contributed by atoms with E-state index in [2.05, 4.69) is 31.6 Å². The Balaban J connectivity index is 0.00000338. The number of guanidine groups is 1. The van der Waals surface area contributed by atoms with Crippen molar-refractivity contribution >= 4 is 51.8 Å². The molecular weight excluding hydrogens is 514 g/mol. The van der Waals surface area contributed by atoms with E-state index in [1.54, 1.807) is 19.2 Å². The first-order chi connectivity index (χ1) is 11.9. The summed E-state index contributed by atoms with van der Waals surface area (Å²) < 4.78 is 13.7. The van der Waals surface area contributed by atoms with Crippen LogP contribution in [0.15, 0.2) is 27.7 Å². The van der Waals surface area contributed by atoms with Crippen molar-refractivity contribution < 1.29 is 9.18 Å². The first-order valence-corrected chi connectivity index (χ1v) is 9.40. The van der Waals surface area contributed by atoms with Crippen molar-refractivity contribution in [1.82, 2.24) is 15.5 Å². The van der Waals surface area contributed by atoms with Crippen LogP contribution < -0.4 is 10.6 Å². The van der Waals surface area contributed by atoms with Crippen molar-refractivity contribution in [2.24, 2.45) is 10.9 Å². The van der Waals surface area contributed by atoms with Crippen molar-refractivity contribution in [3.63, 3.8) is 0 Å². The zero-order chi connectivity index (χ0) is 18.4. The van der Waals surface area contributed by atoms with E-state index in [0.29, 0.717) is 17.6 Å². The first kappa shape index (κ1) is 23.1. The molecule has 146 valence electrons. The maximum Gasteiger partial charge on any atom is 0.225 e. The third kappa shape index (κ3) is 6.68. The van der Waals surface area contributed by atoms with Crippen LogP contribution in [0.2, 0.25) is 0 Å². The van der Waals surface area contributed by atoms with Gasteiger partial charge >= 0.3 is 0 Å². The van der Waals surface area contributed by atoms with Crippen LogP contribution in [0.25, 0.3) is 0 Å². The maximum atomic E-state index is 13.2. The number of halogens is 3. The zero-order valence-corrected chi connectivity index (χ0v) is 19.3. The fraction of sp³-hybridized carbons (Fsp3) is 0.556. The van der Waals surface area contributed by atoms with Gasteiger partial charge in [0.05, 0.1) is 4.47 Å². The summed E-state index contributed by atoms with van der Waals surface area (Å²) in [5.41, 5.74) is 1.05. The van der Waals surface area contributed by atoms with Crippen molar-refractivity contribution in [3.05, 3.63) is 34.1 Å². The highest BCUT2D eigenvalue weighted by atomic mass is 127. The van der Waals surface area contributed by atoms with Gasteiger partial charge in [0, 0.05) is 38.6 Å². The Morgan fingerprint density at radius 2 is 2.19 bits per heavy atom. The van der Waals surface area contributed by atoms with E-state index in [0.717, 1.165) is 30.9 Å². The lowest BCUT2D eigenvalue weighted by atomic mass is 10.1. The predicted octanol–water partition coefficient (Wildman–Crippen LogP) is 3.17. The lowest BCUT2D eigenvalue weighted by Gasteiger charge is -2.20. The van der Waals surface area contributed by atoms with E-state index in [1.165, 1.54) is 6.07 Å². The number of hydrogen-bond donors (Lipinski definition) is 2. The van der Waals surface area contributed by atoms with Crippen molar-refractivity contribution in [3.8, 4) is 0 Å². The molecule has 1 aromatic carbocycles. The Morgan fingerprint density at radius 1 is 1.46 bits per heavy atom. The van der Waals surface area contributed by atoms with Crippen LogP contribution in [0, 0.1) is 11.7 Å². The summed E-state index contributed by atoms with van der Waals surface area (Å²) in [5, 5.41) is 6.64. The van der Waals surface area contributed by atoms with Crippen LogP contribution in [-0.2, 0) is 11.2 Å². The number of hydrogen-bond acceptors (Lipinski definition) is 2. The van der Waals surface area contributed by atoms with Gasteiger partial charge in [-0.05, 0) is 46.5 Å². The van der Waals surface area contributed by atoms with Crippen molar-refractivity contribution in [2.75, 3.05) is 26.7 Å². The molecular formula is C18H27BrFIN4O. The molecule has 0 saturated carbocycles. The number of nitrogens with zero attached hydrogens (tertiary/aromatic N) is 2. The molecule has 1 unspecified atom stereocenters. The van der Waals surface area contributed by atoms with Crippen molar-refractivity contribution in [1.29, 1.82) is 0 Å². The molecule has 0 aliphatic carbocycles. The van der Waals surface area contributed by atoms with Crippen LogP contribution in [0.3, 0.4) is 0 Å². The monoisotopic (exact) mass is 540 g/mol. The second-order valence-electron chi connectivity index (χ2n) is 6.57. The number of aliphatic imine (C=N–C) groups is 1. The summed E-state index contributed by atoms with van der Waals surface area (Å²) in [5.74, 6) is 0.710. The Morgan fingerprint density at radius 3 is 2.81 bits per heavy atom. The molecule has 0 spiro atoms. The molecule has 26 heavy (non-hydrogen) atoms. The average Bonchev–Trinajstić information content (AvgIpc) is 3.04. The molecule has 1 saturated heterocycles.